The standard InChI is InChI=1S/C16H31NO2Si2/c1-12(19-21(8,9)16(2,3)4)14-13(17-15(14)18)10-11-20(5,6)7/h12-14H,1-9H3,(H,17,18)/t12?,13-,14-/m1/s1. The molecule has 1 aliphatic heterocycles. The summed E-state index contributed by atoms with van der Waals surface area (Å²) in [5, 5.41) is 3.07. The summed E-state index contributed by atoms with van der Waals surface area (Å²) in [6, 6.07) is -0.0380. The van der Waals surface area contributed by atoms with Gasteiger partial charge >= 0.3 is 0 Å². The van der Waals surface area contributed by atoms with Gasteiger partial charge in [-0.05, 0) is 25.1 Å². The third kappa shape index (κ3) is 4.70. The molecule has 0 spiro atoms. The van der Waals surface area contributed by atoms with E-state index in [9.17, 15) is 4.79 Å². The minimum atomic E-state index is -1.85. The van der Waals surface area contributed by atoms with Crippen LogP contribution in [0, 0.1) is 17.4 Å². The summed E-state index contributed by atoms with van der Waals surface area (Å²) in [5.74, 6) is 3.22. The van der Waals surface area contributed by atoms with Crippen LogP contribution in [0.1, 0.15) is 27.7 Å². The van der Waals surface area contributed by atoms with Gasteiger partial charge in [-0.25, -0.2) is 0 Å². The number of rotatable bonds is 3. The molecule has 5 heteroatoms. The van der Waals surface area contributed by atoms with E-state index in [1.54, 1.807) is 0 Å². The van der Waals surface area contributed by atoms with Crippen LogP contribution in [0.15, 0.2) is 0 Å². The Morgan fingerprint density at radius 2 is 1.71 bits per heavy atom. The van der Waals surface area contributed by atoms with Crippen molar-refractivity contribution in [2.24, 2.45) is 5.92 Å². The lowest BCUT2D eigenvalue weighted by Gasteiger charge is -2.44. The Labute approximate surface area is 132 Å². The second-order valence-corrected chi connectivity index (χ2v) is 18.1. The molecule has 0 bridgehead atoms. The lowest BCUT2D eigenvalue weighted by atomic mass is 9.87. The van der Waals surface area contributed by atoms with Crippen LogP contribution in [0.3, 0.4) is 0 Å². The van der Waals surface area contributed by atoms with E-state index in [4.69, 9.17) is 4.43 Å². The van der Waals surface area contributed by atoms with Gasteiger partial charge in [0, 0.05) is 0 Å². The van der Waals surface area contributed by atoms with E-state index in [-0.39, 0.29) is 29.0 Å². The molecule has 1 rings (SSSR count). The largest absolute Gasteiger partial charge is 0.413 e. The predicted octanol–water partition coefficient (Wildman–Crippen LogP) is 3.39. The van der Waals surface area contributed by atoms with Crippen LogP contribution in [0.2, 0.25) is 37.8 Å². The number of hydrogen-bond acceptors (Lipinski definition) is 2. The van der Waals surface area contributed by atoms with Crippen molar-refractivity contribution in [2.75, 3.05) is 0 Å². The van der Waals surface area contributed by atoms with Crippen molar-refractivity contribution in [1.82, 2.24) is 5.32 Å². The zero-order valence-corrected chi connectivity index (χ0v) is 17.0. The Balaban J connectivity index is 2.79. The first-order valence-corrected chi connectivity index (χ1v) is 14.2. The minimum Gasteiger partial charge on any atom is -0.413 e. The molecule has 0 radical (unpaired) electrons. The molecule has 0 aromatic carbocycles. The summed E-state index contributed by atoms with van der Waals surface area (Å²) in [6.45, 7) is 19.8. The molecule has 0 aromatic heterocycles. The van der Waals surface area contributed by atoms with Crippen LogP contribution in [0.25, 0.3) is 0 Å². The highest BCUT2D eigenvalue weighted by molar-refractivity contribution is 6.83. The fraction of sp³-hybridized carbons (Fsp3) is 0.812. The van der Waals surface area contributed by atoms with Crippen molar-refractivity contribution in [3.05, 3.63) is 0 Å². The van der Waals surface area contributed by atoms with Crippen molar-refractivity contribution >= 4 is 22.3 Å². The van der Waals surface area contributed by atoms with Crippen LogP contribution >= 0.6 is 0 Å². The smallest absolute Gasteiger partial charge is 0.229 e. The molecule has 21 heavy (non-hydrogen) atoms. The maximum Gasteiger partial charge on any atom is 0.229 e. The Morgan fingerprint density at radius 3 is 2.10 bits per heavy atom. The molecule has 1 fully saturated rings. The summed E-state index contributed by atoms with van der Waals surface area (Å²) in [7, 11) is -3.26. The van der Waals surface area contributed by atoms with Gasteiger partial charge in [-0.2, -0.15) is 0 Å². The first-order chi connectivity index (χ1) is 9.24. The Kier molecular flexibility index (Phi) is 5.19. The molecule has 1 saturated heterocycles. The molecule has 0 saturated carbocycles. The molecule has 1 unspecified atom stereocenters. The first-order valence-electron chi connectivity index (χ1n) is 7.75. The van der Waals surface area contributed by atoms with Crippen LogP contribution in [0.5, 0.6) is 0 Å². The molecule has 1 aliphatic rings. The summed E-state index contributed by atoms with van der Waals surface area (Å²) < 4.78 is 6.36. The van der Waals surface area contributed by atoms with Gasteiger partial charge in [0.1, 0.15) is 14.1 Å². The lowest BCUT2D eigenvalue weighted by molar-refractivity contribution is -0.137. The fourth-order valence-electron chi connectivity index (χ4n) is 2.01. The summed E-state index contributed by atoms with van der Waals surface area (Å²) in [4.78, 5) is 11.9. The number of β-lactam (4-membered cyclic amide) rings is 1. The monoisotopic (exact) mass is 325 g/mol. The average molecular weight is 326 g/mol. The van der Waals surface area contributed by atoms with E-state index in [0.29, 0.717) is 0 Å². The molecular weight excluding hydrogens is 294 g/mol. The van der Waals surface area contributed by atoms with Gasteiger partial charge < -0.3 is 9.74 Å². The van der Waals surface area contributed by atoms with Crippen molar-refractivity contribution in [1.29, 1.82) is 0 Å². The van der Waals surface area contributed by atoms with Crippen molar-refractivity contribution in [3.8, 4) is 11.5 Å². The van der Waals surface area contributed by atoms with Gasteiger partial charge in [-0.3, -0.25) is 4.79 Å². The van der Waals surface area contributed by atoms with Crippen molar-refractivity contribution < 1.29 is 9.22 Å². The molecule has 3 atom stereocenters. The molecule has 1 amide bonds. The van der Waals surface area contributed by atoms with E-state index in [2.05, 4.69) is 70.3 Å². The second-order valence-electron chi connectivity index (χ2n) is 8.61. The van der Waals surface area contributed by atoms with Crippen molar-refractivity contribution in [3.63, 3.8) is 0 Å². The highest BCUT2D eigenvalue weighted by Gasteiger charge is 2.46. The van der Waals surface area contributed by atoms with Crippen LogP contribution < -0.4 is 5.32 Å². The summed E-state index contributed by atoms with van der Waals surface area (Å²) >= 11 is 0. The van der Waals surface area contributed by atoms with E-state index < -0.39 is 16.4 Å². The first kappa shape index (κ1) is 18.5. The molecule has 1 heterocycles. The molecular formula is C16H31NO2Si2. The van der Waals surface area contributed by atoms with Gasteiger partial charge in [0.15, 0.2) is 8.32 Å². The quantitative estimate of drug-likeness (QED) is 0.491. The van der Waals surface area contributed by atoms with Crippen LogP contribution in [-0.4, -0.2) is 34.4 Å². The molecule has 0 aliphatic carbocycles. The molecule has 0 aromatic rings. The Morgan fingerprint density at radius 1 is 1.19 bits per heavy atom. The topological polar surface area (TPSA) is 38.3 Å². The molecule has 120 valence electrons. The van der Waals surface area contributed by atoms with Crippen molar-refractivity contribution in [2.45, 2.75) is 77.6 Å². The van der Waals surface area contributed by atoms with Crippen LogP contribution in [-0.2, 0) is 9.22 Å². The zero-order valence-electron chi connectivity index (χ0n) is 15.0. The highest BCUT2D eigenvalue weighted by atomic mass is 28.4. The zero-order chi connectivity index (χ0) is 16.6. The molecule has 1 N–H and O–H groups in total. The summed E-state index contributed by atoms with van der Waals surface area (Å²) in [5.41, 5.74) is 3.35. The third-order valence-electron chi connectivity index (χ3n) is 4.35. The summed E-state index contributed by atoms with van der Waals surface area (Å²) in [6.07, 6.45) is -0.0689. The predicted molar refractivity (Wildman–Crippen MR) is 94.3 cm³/mol. The SMILES string of the molecule is CC(O[Si](C)(C)C(C)(C)C)[C@H]1C(=O)N[C@@H]1C#C[Si](C)(C)C. The fourth-order valence-corrected chi connectivity index (χ4v) is 4.03. The van der Waals surface area contributed by atoms with E-state index in [1.165, 1.54) is 0 Å². The number of carbonyl (C=O) groups is 1. The Hall–Kier alpha value is -0.576. The number of hydrogen-bond donors (Lipinski definition) is 1. The van der Waals surface area contributed by atoms with Gasteiger partial charge in [-0.15, -0.1) is 5.54 Å². The maximum atomic E-state index is 11.9. The highest BCUT2D eigenvalue weighted by Crippen LogP contribution is 2.38. The second kappa shape index (κ2) is 5.90. The number of nitrogens with one attached hydrogen (secondary N) is 1. The van der Waals surface area contributed by atoms with Crippen LogP contribution in [0.4, 0.5) is 0 Å². The minimum absolute atomic E-state index is 0.0380. The van der Waals surface area contributed by atoms with E-state index >= 15 is 0 Å². The molecule has 3 nitrogen and oxygen atoms in total. The normalized spacial score (nSPS) is 24.5. The average Bonchev–Trinajstić information content (AvgIpc) is 2.19. The van der Waals surface area contributed by atoms with Gasteiger partial charge in [0.2, 0.25) is 5.91 Å². The van der Waals surface area contributed by atoms with Gasteiger partial charge in [0.25, 0.3) is 0 Å². The van der Waals surface area contributed by atoms with Gasteiger partial charge in [-0.1, -0.05) is 46.3 Å². The number of amides is 1. The number of carbonyl (C=O) groups excluding carboxylic acids is 1. The Bertz CT molecular complexity index is 463. The van der Waals surface area contributed by atoms with E-state index in [0.717, 1.165) is 0 Å². The lowest BCUT2D eigenvalue weighted by Crippen LogP contribution is -2.63. The third-order valence-corrected chi connectivity index (χ3v) is 9.82. The van der Waals surface area contributed by atoms with Gasteiger partial charge in [0.05, 0.1) is 12.0 Å². The maximum absolute atomic E-state index is 11.9. The van der Waals surface area contributed by atoms with E-state index in [1.807, 2.05) is 6.92 Å².